The van der Waals surface area contributed by atoms with Crippen molar-refractivity contribution in [1.29, 1.82) is 0 Å². The van der Waals surface area contributed by atoms with Gasteiger partial charge in [0.25, 0.3) is 0 Å². The molecule has 3 rings (SSSR count). The van der Waals surface area contributed by atoms with E-state index < -0.39 is 22.0 Å². The highest BCUT2D eigenvalue weighted by molar-refractivity contribution is 9.10. The number of carbonyl (C=O) groups is 1. The number of carbonyl (C=O) groups excluding carboxylic acids is 1. The van der Waals surface area contributed by atoms with Crippen LogP contribution in [-0.2, 0) is 21.2 Å². The molecule has 1 atom stereocenters. The third-order valence-electron chi connectivity index (χ3n) is 4.69. The minimum Gasteiger partial charge on any atom is -0.497 e. The van der Waals surface area contributed by atoms with Crippen LogP contribution in [0.3, 0.4) is 0 Å². The van der Waals surface area contributed by atoms with Gasteiger partial charge in [-0.1, -0.05) is 46.3 Å². The van der Waals surface area contributed by atoms with Gasteiger partial charge in [-0.3, -0.25) is 4.79 Å². The molecule has 3 aromatic rings. The van der Waals surface area contributed by atoms with E-state index in [1.807, 2.05) is 30.3 Å². The summed E-state index contributed by atoms with van der Waals surface area (Å²) in [7, 11) is -0.941. The van der Waals surface area contributed by atoms with Gasteiger partial charge in [0.1, 0.15) is 17.5 Å². The Morgan fingerprint density at radius 3 is 2.28 bits per heavy atom. The second-order valence-electron chi connectivity index (χ2n) is 6.87. The van der Waals surface area contributed by atoms with Crippen molar-refractivity contribution in [1.82, 2.24) is 4.72 Å². The maximum Gasteiger partial charge on any atom is 0.243 e. The van der Waals surface area contributed by atoms with Gasteiger partial charge in [0.2, 0.25) is 15.9 Å². The minimum absolute atomic E-state index is 0.0635. The van der Waals surface area contributed by atoms with Gasteiger partial charge in [-0.25, -0.2) is 8.42 Å². The fraction of sp³-hybridized carbons (Fsp3) is 0.174. The van der Waals surface area contributed by atoms with Crippen LogP contribution in [0, 0.1) is 0 Å². The van der Waals surface area contributed by atoms with E-state index in [1.165, 1.54) is 26.4 Å². The van der Waals surface area contributed by atoms with Crippen LogP contribution in [0.1, 0.15) is 5.56 Å². The highest BCUT2D eigenvalue weighted by Crippen LogP contribution is 2.29. The topological polar surface area (TPSA) is 93.7 Å². The molecule has 168 valence electrons. The lowest BCUT2D eigenvalue weighted by Crippen LogP contribution is -2.45. The number of anilines is 1. The summed E-state index contributed by atoms with van der Waals surface area (Å²) < 4.78 is 39.7. The van der Waals surface area contributed by atoms with Crippen LogP contribution in [0.5, 0.6) is 11.5 Å². The van der Waals surface area contributed by atoms with Gasteiger partial charge in [0.15, 0.2) is 0 Å². The highest BCUT2D eigenvalue weighted by atomic mass is 79.9. The van der Waals surface area contributed by atoms with Crippen LogP contribution in [0.4, 0.5) is 5.69 Å². The average Bonchev–Trinajstić information content (AvgIpc) is 2.79. The summed E-state index contributed by atoms with van der Waals surface area (Å²) in [6, 6.07) is 19.3. The molecule has 0 aliphatic carbocycles. The number of benzene rings is 3. The number of hydrogen-bond acceptors (Lipinski definition) is 5. The number of methoxy groups -OCH3 is 2. The molecule has 0 radical (unpaired) electrons. The Kier molecular flexibility index (Phi) is 7.89. The zero-order valence-electron chi connectivity index (χ0n) is 17.5. The van der Waals surface area contributed by atoms with Crippen LogP contribution in [0.25, 0.3) is 0 Å². The Morgan fingerprint density at radius 2 is 1.66 bits per heavy atom. The van der Waals surface area contributed by atoms with Crippen LogP contribution in [-0.4, -0.2) is 34.6 Å². The molecule has 7 nitrogen and oxygen atoms in total. The lowest BCUT2D eigenvalue weighted by Gasteiger charge is -2.20. The summed E-state index contributed by atoms with van der Waals surface area (Å²) in [5.41, 5.74) is 1.21. The molecule has 2 N–H and O–H groups in total. The smallest absolute Gasteiger partial charge is 0.243 e. The predicted octanol–water partition coefficient (Wildman–Crippen LogP) is 3.99. The van der Waals surface area contributed by atoms with Crippen molar-refractivity contribution in [2.45, 2.75) is 17.4 Å². The Morgan fingerprint density at radius 1 is 0.969 bits per heavy atom. The van der Waals surface area contributed by atoms with Gasteiger partial charge in [-0.2, -0.15) is 4.72 Å². The van der Waals surface area contributed by atoms with Crippen LogP contribution < -0.4 is 19.5 Å². The second kappa shape index (κ2) is 10.6. The third-order valence-corrected chi connectivity index (χ3v) is 6.70. The SMILES string of the molecule is COc1ccc(NC(=O)[C@@H](Cc2ccccc2)NS(=O)(=O)c2ccc(Br)cc2)c(OC)c1. The first-order valence-corrected chi connectivity index (χ1v) is 11.9. The molecule has 0 fully saturated rings. The molecule has 0 aliphatic heterocycles. The molecular weight excluding hydrogens is 496 g/mol. The lowest BCUT2D eigenvalue weighted by atomic mass is 10.1. The lowest BCUT2D eigenvalue weighted by molar-refractivity contribution is -0.117. The monoisotopic (exact) mass is 518 g/mol. The van der Waals surface area contributed by atoms with Gasteiger partial charge >= 0.3 is 0 Å². The van der Waals surface area contributed by atoms with Crippen molar-refractivity contribution in [3.63, 3.8) is 0 Å². The molecule has 0 spiro atoms. The first-order valence-electron chi connectivity index (χ1n) is 9.67. The minimum atomic E-state index is -3.94. The Bertz CT molecular complexity index is 1170. The molecule has 0 heterocycles. The Labute approximate surface area is 195 Å². The van der Waals surface area contributed by atoms with Crippen molar-refractivity contribution >= 4 is 37.5 Å². The molecule has 1 amide bonds. The number of amides is 1. The molecule has 0 aliphatic rings. The summed E-state index contributed by atoms with van der Waals surface area (Å²) in [5, 5.41) is 2.76. The summed E-state index contributed by atoms with van der Waals surface area (Å²) >= 11 is 3.29. The van der Waals surface area contributed by atoms with E-state index in [9.17, 15) is 13.2 Å². The average molecular weight is 519 g/mol. The van der Waals surface area contributed by atoms with E-state index in [0.717, 1.165) is 10.0 Å². The zero-order valence-corrected chi connectivity index (χ0v) is 19.9. The van der Waals surface area contributed by atoms with Gasteiger partial charge in [-0.05, 0) is 48.4 Å². The molecule has 0 saturated carbocycles. The first kappa shape index (κ1) is 23.8. The number of hydrogen-bond donors (Lipinski definition) is 2. The van der Waals surface area contributed by atoms with Crippen molar-refractivity contribution in [3.05, 3.63) is 82.8 Å². The van der Waals surface area contributed by atoms with Gasteiger partial charge in [0, 0.05) is 10.5 Å². The van der Waals surface area contributed by atoms with Crippen LogP contribution in [0.2, 0.25) is 0 Å². The molecule has 0 saturated heterocycles. The van der Waals surface area contributed by atoms with E-state index in [1.54, 1.807) is 30.3 Å². The van der Waals surface area contributed by atoms with E-state index >= 15 is 0 Å². The highest BCUT2D eigenvalue weighted by Gasteiger charge is 2.27. The molecule has 0 aromatic heterocycles. The van der Waals surface area contributed by atoms with Crippen molar-refractivity contribution < 1.29 is 22.7 Å². The molecule has 3 aromatic carbocycles. The molecular formula is C23H23BrN2O5S. The standard InChI is InChI=1S/C23H23BrN2O5S/c1-30-18-10-13-20(22(15-18)31-2)25-23(27)21(14-16-6-4-3-5-7-16)26-32(28,29)19-11-8-17(24)9-12-19/h3-13,15,21,26H,14H2,1-2H3,(H,25,27)/t21-/m1/s1. The number of ether oxygens (including phenoxy) is 2. The maximum absolute atomic E-state index is 13.2. The fourth-order valence-electron chi connectivity index (χ4n) is 3.03. The Hall–Kier alpha value is -2.88. The number of nitrogens with one attached hydrogen (secondary N) is 2. The van der Waals surface area contributed by atoms with Crippen LogP contribution in [0.15, 0.2) is 82.2 Å². The summed E-state index contributed by atoms with van der Waals surface area (Å²) in [6.07, 6.45) is 0.168. The maximum atomic E-state index is 13.2. The van der Waals surface area contributed by atoms with Crippen molar-refractivity contribution in [2.75, 3.05) is 19.5 Å². The quantitative estimate of drug-likeness (QED) is 0.446. The van der Waals surface area contributed by atoms with Crippen molar-refractivity contribution in [3.8, 4) is 11.5 Å². The molecule has 32 heavy (non-hydrogen) atoms. The summed E-state index contributed by atoms with van der Waals surface area (Å²) in [5.74, 6) is 0.446. The predicted molar refractivity (Wildman–Crippen MR) is 127 cm³/mol. The molecule has 0 bridgehead atoms. The van der Waals surface area contributed by atoms with E-state index in [0.29, 0.717) is 17.2 Å². The van der Waals surface area contributed by atoms with Gasteiger partial charge in [-0.15, -0.1) is 0 Å². The van der Waals surface area contributed by atoms with Crippen molar-refractivity contribution in [2.24, 2.45) is 0 Å². The first-order chi connectivity index (χ1) is 15.3. The Balaban J connectivity index is 1.88. The number of sulfonamides is 1. The largest absolute Gasteiger partial charge is 0.497 e. The van der Waals surface area contributed by atoms with Gasteiger partial charge < -0.3 is 14.8 Å². The fourth-order valence-corrected chi connectivity index (χ4v) is 4.49. The van der Waals surface area contributed by atoms with E-state index in [2.05, 4.69) is 26.0 Å². The van der Waals surface area contributed by atoms with E-state index in [-0.39, 0.29) is 11.3 Å². The van der Waals surface area contributed by atoms with Crippen LogP contribution >= 0.6 is 15.9 Å². The molecule has 9 heteroatoms. The molecule has 0 unspecified atom stereocenters. The van der Waals surface area contributed by atoms with E-state index in [4.69, 9.17) is 9.47 Å². The van der Waals surface area contributed by atoms with Gasteiger partial charge in [0.05, 0.1) is 24.8 Å². The summed E-state index contributed by atoms with van der Waals surface area (Å²) in [6.45, 7) is 0. The number of rotatable bonds is 9. The number of halogens is 1. The second-order valence-corrected chi connectivity index (χ2v) is 9.50. The normalized spacial score (nSPS) is 12.1. The third kappa shape index (κ3) is 6.09. The zero-order chi connectivity index (χ0) is 23.1. The summed E-state index contributed by atoms with van der Waals surface area (Å²) in [4.78, 5) is 13.2.